The number of nitrogens with two attached hydrogens (primary N) is 1. The van der Waals surface area contributed by atoms with E-state index in [9.17, 15) is 0 Å². The van der Waals surface area contributed by atoms with Crippen molar-refractivity contribution in [3.05, 3.63) is 65.7 Å². The summed E-state index contributed by atoms with van der Waals surface area (Å²) in [7, 11) is 0. The summed E-state index contributed by atoms with van der Waals surface area (Å²) < 4.78 is 5.80. The van der Waals surface area contributed by atoms with Gasteiger partial charge in [-0.2, -0.15) is 0 Å². The van der Waals surface area contributed by atoms with Crippen LogP contribution in [0.25, 0.3) is 0 Å². The highest BCUT2D eigenvalue weighted by Gasteiger charge is 2.27. The maximum atomic E-state index is 6.36. The molecule has 1 aliphatic heterocycles. The highest BCUT2D eigenvalue weighted by atomic mass is 16.5. The van der Waals surface area contributed by atoms with Gasteiger partial charge in [-0.15, -0.1) is 0 Å². The molecular formula is C16H17NO. The summed E-state index contributed by atoms with van der Waals surface area (Å²) in [6, 6.07) is 18.6. The normalized spacial score (nSPS) is 22.1. The monoisotopic (exact) mass is 239 g/mol. The molecule has 0 unspecified atom stereocenters. The first-order valence-electron chi connectivity index (χ1n) is 6.36. The molecule has 1 heterocycles. The Morgan fingerprint density at radius 2 is 1.72 bits per heavy atom. The predicted molar refractivity (Wildman–Crippen MR) is 72.5 cm³/mol. The van der Waals surface area contributed by atoms with Crippen LogP contribution in [0.4, 0.5) is 0 Å². The van der Waals surface area contributed by atoms with E-state index in [4.69, 9.17) is 10.5 Å². The average molecular weight is 239 g/mol. The molecule has 0 amide bonds. The van der Waals surface area contributed by atoms with E-state index in [2.05, 4.69) is 30.3 Å². The first-order valence-corrected chi connectivity index (χ1v) is 6.36. The molecule has 2 aromatic carbocycles. The molecule has 2 nitrogen and oxygen atoms in total. The molecule has 0 fully saturated rings. The Labute approximate surface area is 107 Å². The molecule has 2 heteroatoms. The Morgan fingerprint density at radius 3 is 2.56 bits per heavy atom. The molecule has 0 radical (unpaired) electrons. The van der Waals surface area contributed by atoms with E-state index in [0.29, 0.717) is 12.5 Å². The molecular weight excluding hydrogens is 222 g/mol. The van der Waals surface area contributed by atoms with Crippen molar-refractivity contribution in [1.29, 1.82) is 0 Å². The number of benzene rings is 2. The molecule has 0 spiro atoms. The maximum Gasteiger partial charge on any atom is 0.124 e. The second kappa shape index (κ2) is 4.83. The lowest BCUT2D eigenvalue weighted by molar-refractivity contribution is 0.194. The van der Waals surface area contributed by atoms with Gasteiger partial charge in [0.2, 0.25) is 0 Å². The molecule has 2 atom stereocenters. The fourth-order valence-electron chi connectivity index (χ4n) is 2.54. The summed E-state index contributed by atoms with van der Waals surface area (Å²) in [6.07, 6.45) is 0.969. The Bertz CT molecular complexity index is 524. The van der Waals surface area contributed by atoms with Gasteiger partial charge in [0.1, 0.15) is 5.75 Å². The van der Waals surface area contributed by atoms with Gasteiger partial charge in [0.05, 0.1) is 6.61 Å². The second-order valence-electron chi connectivity index (χ2n) is 4.82. The summed E-state index contributed by atoms with van der Waals surface area (Å²) in [5.41, 5.74) is 8.81. The molecule has 3 rings (SSSR count). The van der Waals surface area contributed by atoms with Gasteiger partial charge in [-0.1, -0.05) is 48.5 Å². The van der Waals surface area contributed by atoms with Gasteiger partial charge in [-0.05, 0) is 18.1 Å². The van der Waals surface area contributed by atoms with Crippen LogP contribution in [-0.2, 0) is 6.42 Å². The van der Waals surface area contributed by atoms with Crippen molar-refractivity contribution < 1.29 is 4.74 Å². The predicted octanol–water partition coefficient (Wildman–Crippen LogP) is 2.94. The summed E-state index contributed by atoms with van der Waals surface area (Å²) in [6.45, 7) is 0.701. The molecule has 0 saturated heterocycles. The largest absolute Gasteiger partial charge is 0.493 e. The van der Waals surface area contributed by atoms with Crippen LogP contribution >= 0.6 is 0 Å². The smallest absolute Gasteiger partial charge is 0.124 e. The number of hydrogen-bond donors (Lipinski definition) is 1. The van der Waals surface area contributed by atoms with Gasteiger partial charge < -0.3 is 10.5 Å². The number of ether oxygens (including phenoxy) is 1. The number of rotatable bonds is 2. The Morgan fingerprint density at radius 1 is 1.00 bits per heavy atom. The van der Waals surface area contributed by atoms with E-state index in [1.54, 1.807) is 0 Å². The lowest BCUT2D eigenvalue weighted by Crippen LogP contribution is -2.32. The first-order chi connectivity index (χ1) is 8.84. The Hall–Kier alpha value is -1.80. The third-order valence-electron chi connectivity index (χ3n) is 3.58. The third kappa shape index (κ3) is 2.12. The van der Waals surface area contributed by atoms with Crippen LogP contribution in [0.2, 0.25) is 0 Å². The summed E-state index contributed by atoms with van der Waals surface area (Å²) in [5.74, 6) is 1.29. The number of hydrogen-bond acceptors (Lipinski definition) is 2. The number of para-hydroxylation sites is 1. The van der Waals surface area contributed by atoms with Crippen molar-refractivity contribution >= 4 is 0 Å². The molecule has 18 heavy (non-hydrogen) atoms. The maximum absolute atomic E-state index is 6.36. The minimum Gasteiger partial charge on any atom is -0.493 e. The van der Waals surface area contributed by atoms with Gasteiger partial charge in [-0.25, -0.2) is 0 Å². The molecule has 0 bridgehead atoms. The van der Waals surface area contributed by atoms with Crippen molar-refractivity contribution in [2.24, 2.45) is 11.7 Å². The van der Waals surface area contributed by atoms with Crippen molar-refractivity contribution in [2.45, 2.75) is 12.5 Å². The fourth-order valence-corrected chi connectivity index (χ4v) is 2.54. The Kier molecular flexibility index (Phi) is 3.03. The van der Waals surface area contributed by atoms with E-state index < -0.39 is 0 Å². The van der Waals surface area contributed by atoms with Gasteiger partial charge in [0, 0.05) is 17.5 Å². The summed E-state index contributed by atoms with van der Waals surface area (Å²) in [4.78, 5) is 0. The molecule has 1 aliphatic rings. The zero-order chi connectivity index (χ0) is 12.4. The van der Waals surface area contributed by atoms with E-state index in [-0.39, 0.29) is 6.04 Å². The van der Waals surface area contributed by atoms with Crippen LogP contribution < -0.4 is 10.5 Å². The zero-order valence-electron chi connectivity index (χ0n) is 10.3. The fraction of sp³-hybridized carbons (Fsp3) is 0.250. The molecule has 0 aromatic heterocycles. The molecule has 0 saturated carbocycles. The topological polar surface area (TPSA) is 35.2 Å². The molecule has 0 aliphatic carbocycles. The van der Waals surface area contributed by atoms with Crippen LogP contribution in [0.3, 0.4) is 0 Å². The highest BCUT2D eigenvalue weighted by molar-refractivity contribution is 5.38. The SMILES string of the molecule is N[C@H]1c2ccccc2OC[C@H]1Cc1ccccc1. The van der Waals surface area contributed by atoms with Gasteiger partial charge in [-0.3, -0.25) is 0 Å². The minimum atomic E-state index is 0.0650. The van der Waals surface area contributed by atoms with Gasteiger partial charge >= 0.3 is 0 Å². The van der Waals surface area contributed by atoms with Crippen LogP contribution in [-0.4, -0.2) is 6.61 Å². The highest BCUT2D eigenvalue weighted by Crippen LogP contribution is 2.34. The van der Waals surface area contributed by atoms with Crippen LogP contribution in [0.1, 0.15) is 17.2 Å². The van der Waals surface area contributed by atoms with E-state index in [1.807, 2.05) is 24.3 Å². The van der Waals surface area contributed by atoms with E-state index >= 15 is 0 Å². The first kappa shape index (κ1) is 11.3. The summed E-state index contributed by atoms with van der Waals surface area (Å²) >= 11 is 0. The van der Waals surface area contributed by atoms with Crippen molar-refractivity contribution in [3.63, 3.8) is 0 Å². The average Bonchev–Trinajstić information content (AvgIpc) is 2.43. The van der Waals surface area contributed by atoms with Gasteiger partial charge in [0.15, 0.2) is 0 Å². The lowest BCUT2D eigenvalue weighted by atomic mass is 9.87. The standard InChI is InChI=1S/C16H17NO/c17-16-13(10-12-6-2-1-3-7-12)11-18-15-9-5-4-8-14(15)16/h1-9,13,16H,10-11,17H2/t13-,16-/m1/s1. The second-order valence-corrected chi connectivity index (χ2v) is 4.82. The minimum absolute atomic E-state index is 0.0650. The van der Waals surface area contributed by atoms with E-state index in [0.717, 1.165) is 17.7 Å². The van der Waals surface area contributed by atoms with E-state index in [1.165, 1.54) is 5.56 Å². The van der Waals surface area contributed by atoms with Crippen LogP contribution in [0.15, 0.2) is 54.6 Å². The van der Waals surface area contributed by atoms with Crippen molar-refractivity contribution in [2.75, 3.05) is 6.61 Å². The van der Waals surface area contributed by atoms with Crippen LogP contribution in [0, 0.1) is 5.92 Å². The zero-order valence-corrected chi connectivity index (χ0v) is 10.3. The van der Waals surface area contributed by atoms with Crippen molar-refractivity contribution in [1.82, 2.24) is 0 Å². The van der Waals surface area contributed by atoms with Crippen molar-refractivity contribution in [3.8, 4) is 5.75 Å². The Balaban J connectivity index is 1.81. The van der Waals surface area contributed by atoms with Crippen LogP contribution in [0.5, 0.6) is 5.75 Å². The lowest BCUT2D eigenvalue weighted by Gasteiger charge is -2.31. The molecule has 92 valence electrons. The quantitative estimate of drug-likeness (QED) is 0.874. The third-order valence-corrected chi connectivity index (χ3v) is 3.58. The molecule has 2 aromatic rings. The van der Waals surface area contributed by atoms with Gasteiger partial charge in [0.25, 0.3) is 0 Å². The number of fused-ring (bicyclic) bond motifs is 1. The summed E-state index contributed by atoms with van der Waals surface area (Å²) in [5, 5.41) is 0. The molecule has 2 N–H and O–H groups in total.